The van der Waals surface area contributed by atoms with E-state index in [2.05, 4.69) is 5.32 Å². The van der Waals surface area contributed by atoms with Gasteiger partial charge in [0.05, 0.1) is 17.5 Å². The van der Waals surface area contributed by atoms with E-state index in [-0.39, 0.29) is 36.1 Å². The van der Waals surface area contributed by atoms with E-state index in [1.54, 1.807) is 6.92 Å². The van der Waals surface area contributed by atoms with Crippen LogP contribution in [0.25, 0.3) is 0 Å². The maximum atomic E-state index is 12.8. The number of hydrogen-bond donors (Lipinski definition) is 2. The Morgan fingerprint density at radius 2 is 1.96 bits per heavy atom. The van der Waals surface area contributed by atoms with Crippen LogP contribution in [0.5, 0.6) is 0 Å². The largest absolute Gasteiger partial charge is 0.369 e. The predicted molar refractivity (Wildman–Crippen MR) is 104 cm³/mol. The molecule has 1 aliphatic heterocycles. The van der Waals surface area contributed by atoms with Crippen LogP contribution in [0, 0.1) is 5.92 Å². The van der Waals surface area contributed by atoms with Crippen molar-refractivity contribution in [1.29, 1.82) is 0 Å². The van der Waals surface area contributed by atoms with Crippen molar-refractivity contribution in [3.8, 4) is 0 Å². The second-order valence-corrected chi connectivity index (χ2v) is 9.24. The molecule has 28 heavy (non-hydrogen) atoms. The van der Waals surface area contributed by atoms with Crippen molar-refractivity contribution >= 4 is 39.2 Å². The Hall–Kier alpha value is -1.97. The summed E-state index contributed by atoms with van der Waals surface area (Å²) in [6.45, 7) is 1.50. The molecule has 1 aromatic carbocycles. The van der Waals surface area contributed by atoms with Gasteiger partial charge in [0.2, 0.25) is 21.8 Å². The normalized spacial score (nSPS) is 19.6. The topological polar surface area (TPSA) is 127 Å². The Balaban J connectivity index is 2.00. The maximum absolute atomic E-state index is 12.8. The van der Waals surface area contributed by atoms with Crippen molar-refractivity contribution in [2.75, 3.05) is 13.1 Å². The van der Waals surface area contributed by atoms with Gasteiger partial charge in [0.1, 0.15) is 0 Å². The standard InChI is InChI=1S/C18H24ClN3O5S/c1-12(18(20)25)4-9-17(24)21-15-3-2-10-22(11-16(15)23)28(26,27)14-7-5-13(19)6-8-14/h5-8,12,15H,2-4,9-11H2,1H3,(H2,20,25)(H,21,24)/t12?,15-/m0/s1. The average molecular weight is 430 g/mol. The van der Waals surface area contributed by atoms with Gasteiger partial charge in [-0.3, -0.25) is 14.4 Å². The number of primary amides is 1. The molecule has 1 aliphatic rings. The number of hydrogen-bond acceptors (Lipinski definition) is 5. The molecular weight excluding hydrogens is 406 g/mol. The fourth-order valence-corrected chi connectivity index (χ4v) is 4.44. The van der Waals surface area contributed by atoms with Crippen molar-refractivity contribution in [1.82, 2.24) is 9.62 Å². The zero-order valence-electron chi connectivity index (χ0n) is 15.6. The summed E-state index contributed by atoms with van der Waals surface area (Å²) < 4.78 is 26.7. The molecule has 1 heterocycles. The van der Waals surface area contributed by atoms with Gasteiger partial charge in [-0.25, -0.2) is 8.42 Å². The highest BCUT2D eigenvalue weighted by Crippen LogP contribution is 2.21. The third-order valence-corrected chi connectivity index (χ3v) is 6.81. The number of amides is 2. The molecule has 0 spiro atoms. The van der Waals surface area contributed by atoms with Gasteiger partial charge in [0.15, 0.2) is 5.78 Å². The van der Waals surface area contributed by atoms with Gasteiger partial charge < -0.3 is 11.1 Å². The van der Waals surface area contributed by atoms with E-state index in [0.29, 0.717) is 24.3 Å². The van der Waals surface area contributed by atoms with Crippen molar-refractivity contribution < 1.29 is 22.8 Å². The number of nitrogens with zero attached hydrogens (tertiary/aromatic N) is 1. The van der Waals surface area contributed by atoms with E-state index < -0.39 is 27.9 Å². The van der Waals surface area contributed by atoms with Crippen LogP contribution in [-0.2, 0) is 24.4 Å². The number of ketones is 1. The number of nitrogens with one attached hydrogen (secondary N) is 1. The van der Waals surface area contributed by atoms with Crippen LogP contribution < -0.4 is 11.1 Å². The van der Waals surface area contributed by atoms with Crippen LogP contribution in [-0.4, -0.2) is 49.5 Å². The predicted octanol–water partition coefficient (Wildman–Crippen LogP) is 1.08. The lowest BCUT2D eigenvalue weighted by Crippen LogP contribution is -2.44. The van der Waals surface area contributed by atoms with Gasteiger partial charge in [0, 0.05) is 23.9 Å². The highest BCUT2D eigenvalue weighted by molar-refractivity contribution is 7.89. The SMILES string of the molecule is CC(CCC(=O)N[C@H]1CCCN(S(=O)(=O)c2ccc(Cl)cc2)CC1=O)C(N)=O. The lowest BCUT2D eigenvalue weighted by molar-refractivity contribution is -0.128. The Bertz CT molecular complexity index is 841. The van der Waals surface area contributed by atoms with Gasteiger partial charge in [-0.2, -0.15) is 4.31 Å². The number of carbonyl (C=O) groups excluding carboxylic acids is 3. The molecule has 1 unspecified atom stereocenters. The van der Waals surface area contributed by atoms with Crippen molar-refractivity contribution in [2.45, 2.75) is 43.5 Å². The van der Waals surface area contributed by atoms with Crippen molar-refractivity contribution in [3.05, 3.63) is 29.3 Å². The van der Waals surface area contributed by atoms with Crippen molar-refractivity contribution in [2.24, 2.45) is 11.7 Å². The molecule has 154 valence electrons. The van der Waals surface area contributed by atoms with E-state index in [4.69, 9.17) is 17.3 Å². The maximum Gasteiger partial charge on any atom is 0.243 e. The smallest absolute Gasteiger partial charge is 0.243 e. The zero-order chi connectivity index (χ0) is 20.9. The molecule has 1 aromatic rings. The van der Waals surface area contributed by atoms with Crippen LogP contribution in [0.3, 0.4) is 0 Å². The first-order chi connectivity index (χ1) is 13.1. The van der Waals surface area contributed by atoms with E-state index in [1.807, 2.05) is 0 Å². The molecular formula is C18H24ClN3O5S. The lowest BCUT2D eigenvalue weighted by atomic mass is 10.0. The first-order valence-electron chi connectivity index (χ1n) is 8.98. The minimum Gasteiger partial charge on any atom is -0.369 e. The summed E-state index contributed by atoms with van der Waals surface area (Å²) >= 11 is 5.80. The molecule has 0 aliphatic carbocycles. The lowest BCUT2D eigenvalue weighted by Gasteiger charge is -2.20. The molecule has 0 aromatic heterocycles. The van der Waals surface area contributed by atoms with Crippen LogP contribution in [0.4, 0.5) is 0 Å². The quantitative estimate of drug-likeness (QED) is 0.670. The number of nitrogens with two attached hydrogens (primary N) is 1. The second kappa shape index (κ2) is 9.49. The van der Waals surface area contributed by atoms with Crippen LogP contribution >= 0.6 is 11.6 Å². The summed E-state index contributed by atoms with van der Waals surface area (Å²) in [5, 5.41) is 3.06. The van der Waals surface area contributed by atoms with E-state index in [9.17, 15) is 22.8 Å². The van der Waals surface area contributed by atoms with Crippen LogP contribution in [0.2, 0.25) is 5.02 Å². The molecule has 0 bridgehead atoms. The fraction of sp³-hybridized carbons (Fsp3) is 0.500. The second-order valence-electron chi connectivity index (χ2n) is 6.86. The fourth-order valence-electron chi connectivity index (χ4n) is 2.87. The van der Waals surface area contributed by atoms with Gasteiger partial charge in [-0.05, 0) is 43.5 Å². The molecule has 3 N–H and O–H groups in total. The minimum absolute atomic E-state index is 0.0626. The summed E-state index contributed by atoms with van der Waals surface area (Å²) in [6, 6.07) is 4.99. The molecule has 2 atom stereocenters. The van der Waals surface area contributed by atoms with Gasteiger partial charge in [-0.1, -0.05) is 18.5 Å². The third-order valence-electron chi connectivity index (χ3n) is 4.70. The van der Waals surface area contributed by atoms with Crippen LogP contribution in [0.1, 0.15) is 32.6 Å². The number of halogens is 1. The van der Waals surface area contributed by atoms with E-state index in [0.717, 1.165) is 4.31 Å². The first-order valence-corrected chi connectivity index (χ1v) is 10.8. The van der Waals surface area contributed by atoms with Gasteiger partial charge >= 0.3 is 0 Å². The average Bonchev–Trinajstić information content (AvgIpc) is 2.82. The molecule has 1 fully saturated rings. The van der Waals surface area contributed by atoms with Gasteiger partial charge in [0.25, 0.3) is 0 Å². The van der Waals surface area contributed by atoms with E-state index >= 15 is 0 Å². The Morgan fingerprint density at radius 3 is 2.57 bits per heavy atom. The number of Topliss-reactive ketones (excluding diaryl/α,β-unsaturated/α-hetero) is 1. The molecule has 10 heteroatoms. The monoisotopic (exact) mass is 429 g/mol. The molecule has 0 radical (unpaired) electrons. The number of sulfonamides is 1. The summed E-state index contributed by atoms with van der Waals surface area (Å²) in [4.78, 5) is 35.7. The Morgan fingerprint density at radius 1 is 1.32 bits per heavy atom. The number of rotatable bonds is 7. The highest BCUT2D eigenvalue weighted by Gasteiger charge is 2.32. The minimum atomic E-state index is -3.83. The zero-order valence-corrected chi connectivity index (χ0v) is 17.1. The number of benzene rings is 1. The Labute approximate surface area is 169 Å². The first kappa shape index (κ1) is 22.3. The van der Waals surface area contributed by atoms with E-state index in [1.165, 1.54) is 24.3 Å². The molecule has 1 saturated heterocycles. The van der Waals surface area contributed by atoms with Crippen molar-refractivity contribution in [3.63, 3.8) is 0 Å². The molecule has 2 rings (SSSR count). The van der Waals surface area contributed by atoms with Crippen LogP contribution in [0.15, 0.2) is 29.2 Å². The highest BCUT2D eigenvalue weighted by atomic mass is 35.5. The summed E-state index contributed by atoms with van der Waals surface area (Å²) in [7, 11) is -3.83. The molecule has 8 nitrogen and oxygen atoms in total. The molecule has 2 amide bonds. The van der Waals surface area contributed by atoms with Gasteiger partial charge in [-0.15, -0.1) is 0 Å². The molecule has 0 saturated carbocycles. The third kappa shape index (κ3) is 5.76. The summed E-state index contributed by atoms with van der Waals surface area (Å²) in [6.07, 6.45) is 1.14. The Kier molecular flexibility index (Phi) is 7.56. The summed E-state index contributed by atoms with van der Waals surface area (Å²) in [5.41, 5.74) is 5.17. The number of carbonyl (C=O) groups is 3. The summed E-state index contributed by atoms with van der Waals surface area (Å²) in [5.74, 6) is -1.65.